The Morgan fingerprint density at radius 3 is 2.47 bits per heavy atom. The Labute approximate surface area is 172 Å². The number of benzene rings is 3. The molecule has 0 aliphatic carbocycles. The lowest BCUT2D eigenvalue weighted by atomic mass is 10.1. The number of ether oxygens (including phenoxy) is 2. The van der Waals surface area contributed by atoms with Gasteiger partial charge in [0.2, 0.25) is 11.3 Å². The van der Waals surface area contributed by atoms with Crippen LogP contribution in [-0.2, 0) is 4.79 Å². The summed E-state index contributed by atoms with van der Waals surface area (Å²) in [6, 6.07) is 17.4. The number of methoxy groups -OCH3 is 2. The summed E-state index contributed by atoms with van der Waals surface area (Å²) in [5, 5.41) is 3.68. The van der Waals surface area contributed by atoms with Gasteiger partial charge in [0.1, 0.15) is 11.2 Å². The molecule has 30 heavy (non-hydrogen) atoms. The van der Waals surface area contributed by atoms with Crippen molar-refractivity contribution in [2.24, 2.45) is 0 Å². The highest BCUT2D eigenvalue weighted by Crippen LogP contribution is 2.28. The molecule has 0 atom stereocenters. The Balaban J connectivity index is 1.57. The predicted octanol–water partition coefficient (Wildman–Crippen LogP) is 4.62. The molecule has 4 rings (SSSR count). The first kappa shape index (κ1) is 19.3. The maximum atomic E-state index is 12.7. The van der Waals surface area contributed by atoms with E-state index in [1.54, 1.807) is 68.8 Å². The van der Waals surface area contributed by atoms with Gasteiger partial charge in [-0.3, -0.25) is 9.59 Å². The summed E-state index contributed by atoms with van der Waals surface area (Å²) in [6.45, 7) is 0. The van der Waals surface area contributed by atoms with Crippen molar-refractivity contribution in [2.45, 2.75) is 0 Å². The molecule has 1 amide bonds. The minimum absolute atomic E-state index is 0.135. The molecule has 0 aliphatic rings. The molecule has 150 valence electrons. The second-order valence-corrected chi connectivity index (χ2v) is 6.58. The maximum absolute atomic E-state index is 12.7. The monoisotopic (exact) mass is 401 g/mol. The van der Waals surface area contributed by atoms with Crippen molar-refractivity contribution in [1.29, 1.82) is 0 Å². The van der Waals surface area contributed by atoms with E-state index in [-0.39, 0.29) is 11.3 Å². The second kappa shape index (κ2) is 8.13. The number of para-hydroxylation sites is 1. The van der Waals surface area contributed by atoms with Crippen LogP contribution in [0.5, 0.6) is 11.5 Å². The number of rotatable bonds is 5. The summed E-state index contributed by atoms with van der Waals surface area (Å²) in [5.41, 5.74) is 2.16. The normalized spacial score (nSPS) is 11.1. The molecule has 0 radical (unpaired) electrons. The number of fused-ring (bicyclic) bond motifs is 2. The van der Waals surface area contributed by atoms with Crippen LogP contribution in [0.1, 0.15) is 5.56 Å². The minimum atomic E-state index is -0.325. The van der Waals surface area contributed by atoms with E-state index in [1.165, 1.54) is 6.08 Å². The predicted molar refractivity (Wildman–Crippen MR) is 117 cm³/mol. The Morgan fingerprint density at radius 2 is 1.67 bits per heavy atom. The van der Waals surface area contributed by atoms with Crippen LogP contribution in [0.4, 0.5) is 5.69 Å². The van der Waals surface area contributed by atoms with Gasteiger partial charge in [-0.15, -0.1) is 0 Å². The largest absolute Gasteiger partial charge is 0.493 e. The van der Waals surface area contributed by atoms with Gasteiger partial charge in [-0.25, -0.2) is 0 Å². The summed E-state index contributed by atoms with van der Waals surface area (Å²) in [7, 11) is 3.12. The van der Waals surface area contributed by atoms with E-state index in [0.717, 1.165) is 5.56 Å². The molecular weight excluding hydrogens is 382 g/mol. The average Bonchev–Trinajstić information content (AvgIpc) is 2.78. The van der Waals surface area contributed by atoms with Gasteiger partial charge in [-0.05, 0) is 54.1 Å². The summed E-state index contributed by atoms with van der Waals surface area (Å²) in [6.07, 6.45) is 3.08. The molecule has 1 aromatic heterocycles. The van der Waals surface area contributed by atoms with Crippen LogP contribution in [0.3, 0.4) is 0 Å². The summed E-state index contributed by atoms with van der Waals surface area (Å²) >= 11 is 0. The van der Waals surface area contributed by atoms with Crippen molar-refractivity contribution < 1.29 is 18.7 Å². The zero-order chi connectivity index (χ0) is 21.1. The number of amides is 1. The molecule has 1 heterocycles. The van der Waals surface area contributed by atoms with E-state index in [2.05, 4.69) is 5.32 Å². The molecule has 0 bridgehead atoms. The third kappa shape index (κ3) is 3.75. The molecule has 0 unspecified atom stereocenters. The molecule has 0 aliphatic heterocycles. The third-order valence-electron chi connectivity index (χ3n) is 4.68. The lowest BCUT2D eigenvalue weighted by Gasteiger charge is -2.07. The fourth-order valence-electron chi connectivity index (χ4n) is 3.19. The van der Waals surface area contributed by atoms with Crippen molar-refractivity contribution in [2.75, 3.05) is 19.5 Å². The van der Waals surface area contributed by atoms with E-state index in [1.807, 2.05) is 12.1 Å². The molecule has 0 saturated heterocycles. The molecule has 0 spiro atoms. The van der Waals surface area contributed by atoms with Crippen LogP contribution < -0.4 is 20.2 Å². The van der Waals surface area contributed by atoms with Gasteiger partial charge in [-0.1, -0.05) is 18.2 Å². The lowest BCUT2D eigenvalue weighted by Crippen LogP contribution is -2.09. The van der Waals surface area contributed by atoms with Gasteiger partial charge in [0.25, 0.3) is 0 Å². The van der Waals surface area contributed by atoms with E-state index >= 15 is 0 Å². The first-order valence-corrected chi connectivity index (χ1v) is 9.26. The quantitative estimate of drug-likeness (QED) is 0.390. The van der Waals surface area contributed by atoms with Gasteiger partial charge in [-0.2, -0.15) is 0 Å². The number of hydrogen-bond donors (Lipinski definition) is 1. The smallest absolute Gasteiger partial charge is 0.248 e. The molecule has 4 aromatic rings. The van der Waals surface area contributed by atoms with Crippen molar-refractivity contribution in [3.05, 3.63) is 82.5 Å². The van der Waals surface area contributed by atoms with Gasteiger partial charge < -0.3 is 19.2 Å². The molecule has 0 fully saturated rings. The molecular formula is C24H19NO5. The standard InChI is InChI=1S/C24H19NO5/c1-28-21-10-7-15(13-22(21)29-2)8-12-23(26)25-16-9-11-20-18(14-16)24(27)17-5-3-4-6-19(17)30-20/h3-14H,1-2H3,(H,25,26)/b12-8+. The van der Waals surface area contributed by atoms with Gasteiger partial charge >= 0.3 is 0 Å². The van der Waals surface area contributed by atoms with Gasteiger partial charge in [0.15, 0.2) is 11.5 Å². The Morgan fingerprint density at radius 1 is 0.900 bits per heavy atom. The van der Waals surface area contributed by atoms with E-state index < -0.39 is 0 Å². The number of carbonyl (C=O) groups excluding carboxylic acids is 1. The van der Waals surface area contributed by atoms with Crippen LogP contribution >= 0.6 is 0 Å². The number of anilines is 1. The molecule has 6 nitrogen and oxygen atoms in total. The molecule has 0 saturated carbocycles. The van der Waals surface area contributed by atoms with Crippen molar-refractivity contribution >= 4 is 39.6 Å². The van der Waals surface area contributed by atoms with E-state index in [4.69, 9.17) is 13.9 Å². The fourth-order valence-corrected chi connectivity index (χ4v) is 3.19. The second-order valence-electron chi connectivity index (χ2n) is 6.58. The van der Waals surface area contributed by atoms with E-state index in [0.29, 0.717) is 39.1 Å². The minimum Gasteiger partial charge on any atom is -0.493 e. The molecule has 1 N–H and O–H groups in total. The Bertz CT molecular complexity index is 1340. The number of nitrogens with one attached hydrogen (secondary N) is 1. The molecule has 6 heteroatoms. The van der Waals surface area contributed by atoms with Crippen molar-refractivity contribution in [1.82, 2.24) is 0 Å². The maximum Gasteiger partial charge on any atom is 0.248 e. The van der Waals surface area contributed by atoms with Crippen LogP contribution in [-0.4, -0.2) is 20.1 Å². The van der Waals surface area contributed by atoms with Crippen LogP contribution in [0.25, 0.3) is 28.0 Å². The van der Waals surface area contributed by atoms with Gasteiger partial charge in [0.05, 0.1) is 25.0 Å². The third-order valence-corrected chi connectivity index (χ3v) is 4.68. The first-order chi connectivity index (χ1) is 14.6. The summed E-state index contributed by atoms with van der Waals surface area (Å²) < 4.78 is 16.3. The average molecular weight is 401 g/mol. The van der Waals surface area contributed by atoms with Gasteiger partial charge in [0, 0.05) is 11.8 Å². The number of carbonyl (C=O) groups is 1. The highest BCUT2D eigenvalue weighted by atomic mass is 16.5. The topological polar surface area (TPSA) is 77.8 Å². The van der Waals surface area contributed by atoms with E-state index in [9.17, 15) is 9.59 Å². The Hall–Kier alpha value is -4.06. The zero-order valence-corrected chi connectivity index (χ0v) is 16.5. The van der Waals surface area contributed by atoms with Crippen LogP contribution in [0, 0.1) is 0 Å². The Kier molecular flexibility index (Phi) is 5.22. The molecule has 3 aromatic carbocycles. The number of hydrogen-bond acceptors (Lipinski definition) is 5. The summed E-state index contributed by atoms with van der Waals surface area (Å²) in [5.74, 6) is 0.865. The van der Waals surface area contributed by atoms with Crippen LogP contribution in [0.15, 0.2) is 76.0 Å². The van der Waals surface area contributed by atoms with Crippen molar-refractivity contribution in [3.63, 3.8) is 0 Å². The van der Waals surface area contributed by atoms with Crippen molar-refractivity contribution in [3.8, 4) is 11.5 Å². The SMILES string of the molecule is COc1ccc(/C=C/C(=O)Nc2ccc3oc4ccccc4c(=O)c3c2)cc1OC. The highest BCUT2D eigenvalue weighted by molar-refractivity contribution is 6.03. The first-order valence-electron chi connectivity index (χ1n) is 9.26. The fraction of sp³-hybridized carbons (Fsp3) is 0.0833. The highest BCUT2D eigenvalue weighted by Gasteiger charge is 2.09. The van der Waals surface area contributed by atoms with Crippen LogP contribution in [0.2, 0.25) is 0 Å². The summed E-state index contributed by atoms with van der Waals surface area (Å²) in [4.78, 5) is 25.1. The zero-order valence-electron chi connectivity index (χ0n) is 16.5. The lowest BCUT2D eigenvalue weighted by molar-refractivity contribution is -0.111.